The van der Waals surface area contributed by atoms with Crippen molar-refractivity contribution in [1.29, 1.82) is 0 Å². The van der Waals surface area contributed by atoms with Crippen LogP contribution >= 0.6 is 22.9 Å². The van der Waals surface area contributed by atoms with Gasteiger partial charge in [0.1, 0.15) is 11.4 Å². The SMILES string of the molecule is CC(C)OC(=O)c1ccc2c(c1)cc(C(=O)O)n2Cc1cc(-c2ccc(Cl)s2)on1. The highest BCUT2D eigenvalue weighted by molar-refractivity contribution is 7.19. The Hall–Kier alpha value is -3.10. The van der Waals surface area contributed by atoms with Crippen molar-refractivity contribution in [2.45, 2.75) is 26.5 Å². The first-order valence-corrected chi connectivity index (χ1v) is 10.3. The van der Waals surface area contributed by atoms with Gasteiger partial charge in [0.15, 0.2) is 5.76 Å². The van der Waals surface area contributed by atoms with Crippen LogP contribution in [0.15, 0.2) is 47.0 Å². The van der Waals surface area contributed by atoms with E-state index in [-0.39, 0.29) is 18.3 Å². The van der Waals surface area contributed by atoms with Crippen molar-refractivity contribution in [2.75, 3.05) is 0 Å². The van der Waals surface area contributed by atoms with Gasteiger partial charge in [-0.2, -0.15) is 0 Å². The lowest BCUT2D eigenvalue weighted by Gasteiger charge is -2.09. The molecule has 0 saturated heterocycles. The average molecular weight is 445 g/mol. The molecule has 3 aromatic heterocycles. The van der Waals surface area contributed by atoms with Gasteiger partial charge in [0.05, 0.1) is 27.4 Å². The van der Waals surface area contributed by atoms with Crippen LogP contribution in [0.25, 0.3) is 21.5 Å². The fourth-order valence-corrected chi connectivity index (χ4v) is 4.13. The minimum Gasteiger partial charge on any atom is -0.477 e. The molecule has 0 saturated carbocycles. The third kappa shape index (κ3) is 3.96. The van der Waals surface area contributed by atoms with E-state index in [1.165, 1.54) is 17.4 Å². The minimum absolute atomic E-state index is 0.0862. The van der Waals surface area contributed by atoms with Gasteiger partial charge in [0, 0.05) is 17.0 Å². The van der Waals surface area contributed by atoms with E-state index >= 15 is 0 Å². The molecule has 3 heterocycles. The number of halogens is 1. The fraction of sp³-hybridized carbons (Fsp3) is 0.190. The molecule has 0 spiro atoms. The van der Waals surface area contributed by atoms with E-state index in [2.05, 4.69) is 5.16 Å². The Kier molecular flexibility index (Phi) is 5.36. The average Bonchev–Trinajstić information content (AvgIpc) is 3.40. The van der Waals surface area contributed by atoms with Crippen LogP contribution in [0.2, 0.25) is 4.34 Å². The highest BCUT2D eigenvalue weighted by atomic mass is 35.5. The molecule has 1 aromatic carbocycles. The number of fused-ring (bicyclic) bond motifs is 1. The van der Waals surface area contributed by atoms with E-state index in [0.717, 1.165) is 4.88 Å². The minimum atomic E-state index is -1.08. The van der Waals surface area contributed by atoms with Gasteiger partial charge in [-0.25, -0.2) is 9.59 Å². The number of thiophene rings is 1. The Morgan fingerprint density at radius 3 is 2.70 bits per heavy atom. The van der Waals surface area contributed by atoms with Crippen LogP contribution < -0.4 is 0 Å². The summed E-state index contributed by atoms with van der Waals surface area (Å²) in [6.45, 7) is 3.74. The molecule has 154 valence electrons. The zero-order valence-corrected chi connectivity index (χ0v) is 17.7. The van der Waals surface area contributed by atoms with Crippen LogP contribution in [-0.2, 0) is 11.3 Å². The summed E-state index contributed by atoms with van der Waals surface area (Å²) in [5, 5.41) is 14.3. The van der Waals surface area contributed by atoms with Crippen molar-refractivity contribution in [3.63, 3.8) is 0 Å². The molecule has 4 rings (SSSR count). The van der Waals surface area contributed by atoms with Gasteiger partial charge in [-0.3, -0.25) is 0 Å². The fourth-order valence-electron chi connectivity index (χ4n) is 3.14. The number of hydrogen-bond acceptors (Lipinski definition) is 6. The summed E-state index contributed by atoms with van der Waals surface area (Å²) in [5.41, 5.74) is 1.68. The maximum Gasteiger partial charge on any atom is 0.352 e. The maximum atomic E-state index is 12.2. The van der Waals surface area contributed by atoms with E-state index in [1.54, 1.807) is 48.7 Å². The summed E-state index contributed by atoms with van der Waals surface area (Å²) in [6, 6.07) is 11.9. The Bertz CT molecular complexity index is 1250. The molecule has 0 aliphatic carbocycles. The van der Waals surface area contributed by atoms with Crippen molar-refractivity contribution in [1.82, 2.24) is 9.72 Å². The van der Waals surface area contributed by atoms with Crippen LogP contribution in [0, 0.1) is 0 Å². The lowest BCUT2D eigenvalue weighted by atomic mass is 10.1. The van der Waals surface area contributed by atoms with Crippen molar-refractivity contribution >= 4 is 45.8 Å². The van der Waals surface area contributed by atoms with Crippen LogP contribution in [-0.4, -0.2) is 32.9 Å². The molecule has 1 N–H and O–H groups in total. The van der Waals surface area contributed by atoms with Gasteiger partial charge in [0.25, 0.3) is 0 Å². The molecule has 0 atom stereocenters. The quantitative estimate of drug-likeness (QED) is 0.404. The predicted octanol–water partition coefficient (Wildman–Crippen LogP) is 5.32. The number of carbonyl (C=O) groups is 2. The largest absolute Gasteiger partial charge is 0.477 e. The van der Waals surface area contributed by atoms with E-state index in [1.807, 2.05) is 6.07 Å². The molecule has 0 amide bonds. The summed E-state index contributed by atoms with van der Waals surface area (Å²) in [7, 11) is 0. The lowest BCUT2D eigenvalue weighted by Crippen LogP contribution is -2.11. The number of ether oxygens (including phenoxy) is 1. The Labute approximate surface area is 180 Å². The van der Waals surface area contributed by atoms with Gasteiger partial charge in [-0.1, -0.05) is 16.8 Å². The van der Waals surface area contributed by atoms with Gasteiger partial charge in [-0.15, -0.1) is 11.3 Å². The van der Waals surface area contributed by atoms with Gasteiger partial charge < -0.3 is 18.9 Å². The molecule has 0 radical (unpaired) electrons. The van der Waals surface area contributed by atoms with Crippen molar-refractivity contribution in [3.05, 3.63) is 63.8 Å². The predicted molar refractivity (Wildman–Crippen MR) is 113 cm³/mol. The molecule has 0 unspecified atom stereocenters. The second-order valence-corrected chi connectivity index (χ2v) is 8.65. The highest BCUT2D eigenvalue weighted by Gasteiger charge is 2.19. The number of aromatic carboxylic acids is 1. The van der Waals surface area contributed by atoms with Crippen LogP contribution in [0.3, 0.4) is 0 Å². The van der Waals surface area contributed by atoms with Crippen LogP contribution in [0.5, 0.6) is 0 Å². The normalized spacial score (nSPS) is 11.3. The van der Waals surface area contributed by atoms with Gasteiger partial charge >= 0.3 is 11.9 Å². The highest BCUT2D eigenvalue weighted by Crippen LogP contribution is 2.32. The molecule has 30 heavy (non-hydrogen) atoms. The first-order chi connectivity index (χ1) is 14.3. The first kappa shape index (κ1) is 20.2. The number of carbonyl (C=O) groups excluding carboxylic acids is 1. The van der Waals surface area contributed by atoms with Crippen molar-refractivity contribution < 1.29 is 24.0 Å². The third-order valence-electron chi connectivity index (χ3n) is 4.39. The summed E-state index contributed by atoms with van der Waals surface area (Å²) in [5.74, 6) is -0.965. The van der Waals surface area contributed by atoms with Crippen molar-refractivity contribution in [2.24, 2.45) is 0 Å². The molecule has 0 aliphatic heterocycles. The molecule has 7 nitrogen and oxygen atoms in total. The second-order valence-electron chi connectivity index (χ2n) is 6.93. The zero-order chi connectivity index (χ0) is 21.4. The molecule has 4 aromatic rings. The summed E-state index contributed by atoms with van der Waals surface area (Å²) in [6.07, 6.45) is -0.244. The Morgan fingerprint density at radius 1 is 1.23 bits per heavy atom. The number of nitrogens with zero attached hydrogens (tertiary/aromatic N) is 2. The number of benzene rings is 1. The smallest absolute Gasteiger partial charge is 0.352 e. The Balaban J connectivity index is 1.69. The number of esters is 1. The van der Waals surface area contributed by atoms with E-state index in [9.17, 15) is 14.7 Å². The topological polar surface area (TPSA) is 94.6 Å². The zero-order valence-electron chi connectivity index (χ0n) is 16.1. The van der Waals surface area contributed by atoms with Gasteiger partial charge in [0.2, 0.25) is 0 Å². The van der Waals surface area contributed by atoms with Gasteiger partial charge in [-0.05, 0) is 50.2 Å². The molecule has 0 fully saturated rings. The second kappa shape index (κ2) is 7.97. The number of carboxylic acid groups (broad SMARTS) is 1. The molecule has 0 bridgehead atoms. The number of rotatable bonds is 6. The standard InChI is InChI=1S/C21H17ClN2O5S/c1-11(2)28-21(27)12-3-4-15-13(7-12)8-16(20(25)26)24(15)10-14-9-17(29-23-14)18-5-6-19(22)30-18/h3-9,11H,10H2,1-2H3,(H,25,26). The van der Waals surface area contributed by atoms with Crippen LogP contribution in [0.1, 0.15) is 40.4 Å². The van der Waals surface area contributed by atoms with E-state index < -0.39 is 11.9 Å². The summed E-state index contributed by atoms with van der Waals surface area (Å²) in [4.78, 5) is 24.8. The third-order valence-corrected chi connectivity index (χ3v) is 5.64. The lowest BCUT2D eigenvalue weighted by molar-refractivity contribution is 0.0377. The summed E-state index contributed by atoms with van der Waals surface area (Å²) < 4.78 is 12.9. The monoisotopic (exact) mass is 444 g/mol. The van der Waals surface area contributed by atoms with E-state index in [0.29, 0.717) is 32.3 Å². The number of hydrogen-bond donors (Lipinski definition) is 1. The number of aromatic nitrogens is 2. The Morgan fingerprint density at radius 2 is 2.03 bits per heavy atom. The number of carboxylic acids is 1. The maximum absolute atomic E-state index is 12.2. The van der Waals surface area contributed by atoms with E-state index in [4.69, 9.17) is 20.9 Å². The van der Waals surface area contributed by atoms with Crippen molar-refractivity contribution in [3.8, 4) is 10.6 Å². The molecular weight excluding hydrogens is 428 g/mol. The molecular formula is C21H17ClN2O5S. The van der Waals surface area contributed by atoms with Crippen LogP contribution in [0.4, 0.5) is 0 Å². The molecule has 9 heteroatoms. The molecule has 0 aliphatic rings. The first-order valence-electron chi connectivity index (χ1n) is 9.10. The summed E-state index contributed by atoms with van der Waals surface area (Å²) >= 11 is 7.34.